The van der Waals surface area contributed by atoms with Crippen LogP contribution >= 0.6 is 0 Å². The maximum atomic E-state index is 8.88. The van der Waals surface area contributed by atoms with Gasteiger partial charge in [0.1, 0.15) is 12.7 Å². The van der Waals surface area contributed by atoms with Gasteiger partial charge in [0.15, 0.2) is 0 Å². The quantitative estimate of drug-likeness (QED) is 0.394. The second-order valence-corrected chi connectivity index (χ2v) is 2.06. The van der Waals surface area contributed by atoms with Crippen LogP contribution in [0.4, 0.5) is 0 Å². The molecule has 0 aromatic carbocycles. The number of ether oxygens (including phenoxy) is 1. The summed E-state index contributed by atoms with van der Waals surface area (Å²) in [5.74, 6) is 0. The van der Waals surface area contributed by atoms with Gasteiger partial charge in [-0.1, -0.05) is 0 Å². The van der Waals surface area contributed by atoms with E-state index >= 15 is 0 Å². The SMILES string of the molecule is N[C@H]1[C@@H](O)[CH]O[C@@H]1CO. The predicted octanol–water partition coefficient (Wildman–Crippen LogP) is -1.77. The van der Waals surface area contributed by atoms with E-state index in [2.05, 4.69) is 0 Å². The van der Waals surface area contributed by atoms with Crippen molar-refractivity contribution >= 4 is 0 Å². The molecule has 53 valence electrons. The molecule has 4 nitrogen and oxygen atoms in total. The maximum Gasteiger partial charge on any atom is 0.114 e. The topological polar surface area (TPSA) is 75.7 Å². The molecule has 1 aliphatic rings. The minimum atomic E-state index is -0.734. The van der Waals surface area contributed by atoms with Gasteiger partial charge in [0, 0.05) is 0 Å². The predicted molar refractivity (Wildman–Crippen MR) is 30.2 cm³/mol. The zero-order valence-corrected chi connectivity index (χ0v) is 4.90. The van der Waals surface area contributed by atoms with Gasteiger partial charge in [-0.25, -0.2) is 0 Å². The average molecular weight is 132 g/mol. The van der Waals surface area contributed by atoms with Gasteiger partial charge in [0.05, 0.1) is 18.8 Å². The van der Waals surface area contributed by atoms with Crippen molar-refractivity contribution in [2.24, 2.45) is 5.73 Å². The van der Waals surface area contributed by atoms with Crippen molar-refractivity contribution in [3.63, 3.8) is 0 Å². The number of hydrogen-bond donors (Lipinski definition) is 3. The van der Waals surface area contributed by atoms with Crippen molar-refractivity contribution in [2.75, 3.05) is 6.61 Å². The Hall–Kier alpha value is -0.160. The third-order valence-electron chi connectivity index (χ3n) is 1.40. The molecular formula is C5H10NO3. The molecule has 0 amide bonds. The Bertz CT molecular complexity index is 98.2. The molecule has 0 aliphatic carbocycles. The summed E-state index contributed by atoms with van der Waals surface area (Å²) in [6.45, 7) is 1.10. The molecule has 1 fully saturated rings. The lowest BCUT2D eigenvalue weighted by molar-refractivity contribution is 0.0788. The van der Waals surface area contributed by atoms with Crippen molar-refractivity contribution in [2.45, 2.75) is 18.2 Å². The van der Waals surface area contributed by atoms with E-state index in [1.807, 2.05) is 0 Å². The van der Waals surface area contributed by atoms with Crippen molar-refractivity contribution in [1.82, 2.24) is 0 Å². The lowest BCUT2D eigenvalue weighted by Crippen LogP contribution is -2.40. The van der Waals surface area contributed by atoms with Gasteiger partial charge >= 0.3 is 0 Å². The van der Waals surface area contributed by atoms with Crippen LogP contribution in [0.5, 0.6) is 0 Å². The van der Waals surface area contributed by atoms with E-state index in [9.17, 15) is 0 Å². The van der Waals surface area contributed by atoms with Crippen molar-refractivity contribution in [3.05, 3.63) is 6.61 Å². The number of hydrogen-bond acceptors (Lipinski definition) is 4. The first-order valence-electron chi connectivity index (χ1n) is 2.79. The average Bonchev–Trinajstić information content (AvgIpc) is 2.15. The van der Waals surface area contributed by atoms with Crippen LogP contribution in [0.3, 0.4) is 0 Å². The molecule has 1 radical (unpaired) electrons. The number of rotatable bonds is 1. The normalized spacial score (nSPS) is 43.7. The molecular weight excluding hydrogens is 122 g/mol. The third-order valence-corrected chi connectivity index (χ3v) is 1.40. The minimum absolute atomic E-state index is 0.144. The molecule has 0 saturated carbocycles. The molecule has 3 atom stereocenters. The molecule has 0 unspecified atom stereocenters. The highest BCUT2D eigenvalue weighted by Crippen LogP contribution is 2.14. The third kappa shape index (κ3) is 1.21. The zero-order chi connectivity index (χ0) is 6.85. The summed E-state index contributed by atoms with van der Waals surface area (Å²) in [5.41, 5.74) is 5.37. The lowest BCUT2D eigenvalue weighted by atomic mass is 10.1. The van der Waals surface area contributed by atoms with Crippen LogP contribution in [-0.4, -0.2) is 35.1 Å². The molecule has 4 heteroatoms. The molecule has 1 aliphatic heterocycles. The number of aliphatic hydroxyl groups excluding tert-OH is 2. The van der Waals surface area contributed by atoms with Crippen LogP contribution in [0, 0.1) is 6.61 Å². The molecule has 1 rings (SSSR count). The molecule has 0 spiro atoms. The van der Waals surface area contributed by atoms with Crippen LogP contribution in [0.1, 0.15) is 0 Å². The van der Waals surface area contributed by atoms with Crippen molar-refractivity contribution in [3.8, 4) is 0 Å². The van der Waals surface area contributed by atoms with Gasteiger partial charge < -0.3 is 20.7 Å². The fraction of sp³-hybridized carbons (Fsp3) is 0.800. The van der Waals surface area contributed by atoms with E-state index in [0.717, 1.165) is 0 Å². The first-order valence-corrected chi connectivity index (χ1v) is 2.79. The molecule has 4 N–H and O–H groups in total. The largest absolute Gasteiger partial charge is 0.394 e. The highest BCUT2D eigenvalue weighted by atomic mass is 16.5. The van der Waals surface area contributed by atoms with Crippen molar-refractivity contribution < 1.29 is 14.9 Å². The van der Waals surface area contributed by atoms with E-state index in [1.165, 1.54) is 6.61 Å². The fourth-order valence-corrected chi connectivity index (χ4v) is 0.748. The van der Waals surface area contributed by atoms with E-state index in [4.69, 9.17) is 20.7 Å². The van der Waals surface area contributed by atoms with E-state index in [1.54, 1.807) is 0 Å². The number of nitrogens with two attached hydrogens (primary N) is 1. The van der Waals surface area contributed by atoms with Gasteiger partial charge in [-0.15, -0.1) is 0 Å². The zero-order valence-electron chi connectivity index (χ0n) is 4.90. The summed E-state index contributed by atoms with van der Waals surface area (Å²) >= 11 is 0. The molecule has 9 heavy (non-hydrogen) atoms. The lowest BCUT2D eigenvalue weighted by Gasteiger charge is -2.11. The molecule has 0 aromatic heterocycles. The van der Waals surface area contributed by atoms with Crippen LogP contribution < -0.4 is 5.73 Å². The van der Waals surface area contributed by atoms with Crippen LogP contribution in [0.2, 0.25) is 0 Å². The van der Waals surface area contributed by atoms with Gasteiger partial charge in [0.25, 0.3) is 0 Å². The number of aliphatic hydroxyl groups is 2. The Morgan fingerprint density at radius 3 is 2.56 bits per heavy atom. The first kappa shape index (κ1) is 6.95. The fourth-order valence-electron chi connectivity index (χ4n) is 0.748. The minimum Gasteiger partial charge on any atom is -0.394 e. The highest BCUT2D eigenvalue weighted by molar-refractivity contribution is 4.92. The van der Waals surface area contributed by atoms with Crippen LogP contribution in [0.25, 0.3) is 0 Å². The molecule has 1 heterocycles. The van der Waals surface area contributed by atoms with Crippen LogP contribution in [-0.2, 0) is 4.74 Å². The summed E-state index contributed by atoms with van der Waals surface area (Å²) in [6, 6.07) is -0.477. The summed E-state index contributed by atoms with van der Waals surface area (Å²) in [6.07, 6.45) is -1.16. The first-order chi connectivity index (χ1) is 4.25. The molecule has 0 bridgehead atoms. The highest BCUT2D eigenvalue weighted by Gasteiger charge is 2.32. The van der Waals surface area contributed by atoms with Gasteiger partial charge in [-0.3, -0.25) is 0 Å². The van der Waals surface area contributed by atoms with Gasteiger partial charge in [-0.05, 0) is 0 Å². The Morgan fingerprint density at radius 2 is 2.33 bits per heavy atom. The summed E-state index contributed by atoms with van der Waals surface area (Å²) in [4.78, 5) is 0. The Kier molecular flexibility index (Phi) is 2.02. The monoisotopic (exact) mass is 132 g/mol. The second kappa shape index (κ2) is 2.62. The summed E-state index contributed by atoms with van der Waals surface area (Å²) in [5, 5.41) is 17.4. The summed E-state index contributed by atoms with van der Waals surface area (Å²) < 4.78 is 4.78. The van der Waals surface area contributed by atoms with E-state index < -0.39 is 18.2 Å². The second-order valence-electron chi connectivity index (χ2n) is 2.06. The maximum absolute atomic E-state index is 8.88. The Labute approximate surface area is 53.2 Å². The molecule has 0 aromatic rings. The standard InChI is InChI=1S/C5H10NO3/c6-5-3(8)2-9-4(5)1-7/h2-5,7-8H,1,6H2/t3-,4+,5-/m0/s1. The van der Waals surface area contributed by atoms with Crippen LogP contribution in [0.15, 0.2) is 0 Å². The van der Waals surface area contributed by atoms with Crippen molar-refractivity contribution in [1.29, 1.82) is 0 Å². The molecule has 1 saturated heterocycles. The Balaban J connectivity index is 2.41. The van der Waals surface area contributed by atoms with E-state index in [-0.39, 0.29) is 6.61 Å². The van der Waals surface area contributed by atoms with Gasteiger partial charge in [-0.2, -0.15) is 0 Å². The smallest absolute Gasteiger partial charge is 0.114 e. The van der Waals surface area contributed by atoms with Gasteiger partial charge in [0.2, 0.25) is 0 Å². The van der Waals surface area contributed by atoms with E-state index in [0.29, 0.717) is 0 Å². The summed E-state index contributed by atoms with van der Waals surface area (Å²) in [7, 11) is 0. The Morgan fingerprint density at radius 1 is 1.67 bits per heavy atom.